The van der Waals surface area contributed by atoms with Crippen molar-refractivity contribution in [3.8, 4) is 11.5 Å². The molecule has 10 heteroatoms. The molecule has 0 aliphatic carbocycles. The fourth-order valence-electron chi connectivity index (χ4n) is 4.19. The fourth-order valence-corrected chi connectivity index (χ4v) is 4.87. The molecule has 0 spiro atoms. The van der Waals surface area contributed by atoms with Gasteiger partial charge in [-0.05, 0) is 67.6 Å². The van der Waals surface area contributed by atoms with Crippen molar-refractivity contribution in [3.05, 3.63) is 88.9 Å². The Morgan fingerprint density at radius 2 is 1.71 bits per heavy atom. The number of hydrogen-bond donors (Lipinski definition) is 1. The summed E-state index contributed by atoms with van der Waals surface area (Å²) >= 11 is 7.12. The van der Waals surface area contributed by atoms with Crippen LogP contribution in [0.2, 0.25) is 5.02 Å². The van der Waals surface area contributed by atoms with Gasteiger partial charge in [-0.3, -0.25) is 9.59 Å². The summed E-state index contributed by atoms with van der Waals surface area (Å²) in [5.74, 6) is 0.444. The first-order valence-corrected chi connectivity index (χ1v) is 13.5. The third-order valence-electron chi connectivity index (χ3n) is 6.17. The van der Waals surface area contributed by atoms with Crippen molar-refractivity contribution in [3.63, 3.8) is 0 Å². The third kappa shape index (κ3) is 6.35. The smallest absolute Gasteiger partial charge is 0.277 e. The molecule has 0 bridgehead atoms. The highest BCUT2D eigenvalue weighted by Gasteiger charge is 2.22. The normalized spacial score (nSPS) is 13.4. The average Bonchev–Trinajstić information content (AvgIpc) is 3.42. The number of anilines is 2. The van der Waals surface area contributed by atoms with Gasteiger partial charge in [-0.1, -0.05) is 41.1 Å². The van der Waals surface area contributed by atoms with Crippen LogP contribution in [-0.4, -0.2) is 58.8 Å². The predicted molar refractivity (Wildman–Crippen MR) is 150 cm³/mol. The van der Waals surface area contributed by atoms with Crippen LogP contribution < -0.4 is 10.2 Å². The zero-order valence-corrected chi connectivity index (χ0v) is 22.3. The summed E-state index contributed by atoms with van der Waals surface area (Å²) in [7, 11) is 0. The highest BCUT2D eigenvalue weighted by Crippen LogP contribution is 2.25. The van der Waals surface area contributed by atoms with Gasteiger partial charge in [0, 0.05) is 53.7 Å². The number of nitrogens with one attached hydrogen (secondary N) is 1. The maximum atomic E-state index is 12.7. The molecular formula is C28H26ClN5O3S. The van der Waals surface area contributed by atoms with E-state index in [4.69, 9.17) is 16.0 Å². The molecule has 1 aromatic heterocycles. The molecule has 0 radical (unpaired) electrons. The molecule has 4 aromatic rings. The molecule has 2 heterocycles. The first-order valence-electron chi connectivity index (χ1n) is 12.2. The molecule has 38 heavy (non-hydrogen) atoms. The van der Waals surface area contributed by atoms with E-state index in [-0.39, 0.29) is 17.6 Å². The lowest BCUT2D eigenvalue weighted by atomic mass is 10.1. The molecule has 8 nitrogen and oxygen atoms in total. The number of amides is 2. The van der Waals surface area contributed by atoms with Crippen LogP contribution in [0.1, 0.15) is 15.9 Å². The predicted octanol–water partition coefficient (Wildman–Crippen LogP) is 5.39. The zero-order valence-electron chi connectivity index (χ0n) is 20.8. The summed E-state index contributed by atoms with van der Waals surface area (Å²) in [5, 5.41) is 12.0. The Kier molecular flexibility index (Phi) is 7.95. The summed E-state index contributed by atoms with van der Waals surface area (Å²) in [6.45, 7) is 4.74. The molecule has 0 saturated carbocycles. The highest BCUT2D eigenvalue weighted by molar-refractivity contribution is 7.99. The molecule has 1 saturated heterocycles. The first-order chi connectivity index (χ1) is 18.4. The van der Waals surface area contributed by atoms with E-state index in [1.54, 1.807) is 24.3 Å². The lowest BCUT2D eigenvalue weighted by Crippen LogP contribution is -2.48. The maximum absolute atomic E-state index is 12.7. The highest BCUT2D eigenvalue weighted by atomic mass is 35.5. The number of piperazine rings is 1. The number of rotatable bonds is 7. The quantitative estimate of drug-likeness (QED) is 0.310. The van der Waals surface area contributed by atoms with E-state index >= 15 is 0 Å². The van der Waals surface area contributed by atoms with E-state index in [9.17, 15) is 9.59 Å². The van der Waals surface area contributed by atoms with Crippen molar-refractivity contribution in [1.82, 2.24) is 15.1 Å². The molecule has 5 rings (SSSR count). The Morgan fingerprint density at radius 1 is 0.974 bits per heavy atom. The topological polar surface area (TPSA) is 91.6 Å². The van der Waals surface area contributed by atoms with Crippen LogP contribution >= 0.6 is 23.4 Å². The third-order valence-corrected chi connectivity index (χ3v) is 7.24. The number of carbonyl (C=O) groups excluding carboxylic acids is 2. The van der Waals surface area contributed by atoms with Crippen LogP contribution in [0.15, 0.2) is 82.4 Å². The molecule has 0 atom stereocenters. The van der Waals surface area contributed by atoms with Gasteiger partial charge >= 0.3 is 0 Å². The molecule has 1 aliphatic rings. The number of thioether (sulfide) groups is 1. The standard InChI is InChI=1S/C28H26ClN5O3S/c1-19-3-2-4-21(17-19)26-31-32-28(37-26)38-18-25(35)30-23-9-11-24(12-10-23)33-13-15-34(16-14-33)27(36)20-5-7-22(29)8-6-20/h2-12,17H,13-16,18H2,1H3,(H,30,35). The Labute approximate surface area is 230 Å². The number of aromatic nitrogens is 2. The Bertz CT molecular complexity index is 1420. The Balaban J connectivity index is 1.09. The minimum atomic E-state index is -0.160. The molecule has 3 aromatic carbocycles. The van der Waals surface area contributed by atoms with Crippen LogP contribution in [-0.2, 0) is 4.79 Å². The van der Waals surface area contributed by atoms with E-state index in [2.05, 4.69) is 20.4 Å². The van der Waals surface area contributed by atoms with Crippen LogP contribution in [0.3, 0.4) is 0 Å². The monoisotopic (exact) mass is 547 g/mol. The van der Waals surface area contributed by atoms with Crippen molar-refractivity contribution >= 4 is 46.6 Å². The molecule has 0 unspecified atom stereocenters. The second-order valence-electron chi connectivity index (χ2n) is 8.91. The average molecular weight is 548 g/mol. The van der Waals surface area contributed by atoms with Gasteiger partial charge in [0.25, 0.3) is 11.1 Å². The second-order valence-corrected chi connectivity index (χ2v) is 10.3. The van der Waals surface area contributed by atoms with Crippen molar-refractivity contribution in [2.45, 2.75) is 12.1 Å². The number of carbonyl (C=O) groups is 2. The summed E-state index contributed by atoms with van der Waals surface area (Å²) < 4.78 is 5.69. The minimum Gasteiger partial charge on any atom is -0.411 e. The lowest BCUT2D eigenvalue weighted by Gasteiger charge is -2.36. The summed E-state index contributed by atoms with van der Waals surface area (Å²) in [4.78, 5) is 29.3. The van der Waals surface area contributed by atoms with Gasteiger partial charge in [-0.15, -0.1) is 10.2 Å². The SMILES string of the molecule is Cc1cccc(-c2nnc(SCC(=O)Nc3ccc(N4CCN(C(=O)c5ccc(Cl)cc5)CC4)cc3)o2)c1. The molecule has 2 amide bonds. The Hall–Kier alpha value is -3.82. The van der Waals surface area contributed by atoms with Crippen LogP contribution in [0, 0.1) is 6.92 Å². The number of nitrogens with zero attached hydrogens (tertiary/aromatic N) is 4. The van der Waals surface area contributed by atoms with Gasteiger partial charge in [0.05, 0.1) is 5.75 Å². The van der Waals surface area contributed by atoms with Crippen LogP contribution in [0.5, 0.6) is 0 Å². The second kappa shape index (κ2) is 11.7. The van der Waals surface area contributed by atoms with Gasteiger partial charge in [-0.25, -0.2) is 0 Å². The van der Waals surface area contributed by atoms with E-state index in [0.29, 0.717) is 40.5 Å². The van der Waals surface area contributed by atoms with E-state index in [1.165, 1.54) is 11.8 Å². The lowest BCUT2D eigenvalue weighted by molar-refractivity contribution is -0.113. The molecule has 1 fully saturated rings. The van der Waals surface area contributed by atoms with Crippen molar-refractivity contribution < 1.29 is 14.0 Å². The van der Waals surface area contributed by atoms with Gasteiger partial charge in [-0.2, -0.15) is 0 Å². The number of hydrogen-bond acceptors (Lipinski definition) is 7. The summed E-state index contributed by atoms with van der Waals surface area (Å²) in [6, 6.07) is 22.5. The van der Waals surface area contributed by atoms with E-state index in [1.807, 2.05) is 60.4 Å². The minimum absolute atomic E-state index is 0.0177. The summed E-state index contributed by atoms with van der Waals surface area (Å²) in [6.07, 6.45) is 0. The number of aryl methyl sites for hydroxylation is 1. The van der Waals surface area contributed by atoms with E-state index < -0.39 is 0 Å². The van der Waals surface area contributed by atoms with Crippen molar-refractivity contribution in [2.24, 2.45) is 0 Å². The fraction of sp³-hybridized carbons (Fsp3) is 0.214. The number of halogens is 1. The summed E-state index contributed by atoms with van der Waals surface area (Å²) in [5.41, 5.74) is 4.36. The Morgan fingerprint density at radius 3 is 2.42 bits per heavy atom. The largest absolute Gasteiger partial charge is 0.411 e. The maximum Gasteiger partial charge on any atom is 0.277 e. The molecule has 1 aliphatic heterocycles. The molecule has 1 N–H and O–H groups in total. The van der Waals surface area contributed by atoms with Gasteiger partial charge < -0.3 is 19.5 Å². The van der Waals surface area contributed by atoms with E-state index in [0.717, 1.165) is 29.9 Å². The van der Waals surface area contributed by atoms with Gasteiger partial charge in [0.1, 0.15) is 0 Å². The van der Waals surface area contributed by atoms with Gasteiger partial charge in [0.15, 0.2) is 0 Å². The van der Waals surface area contributed by atoms with Crippen LogP contribution in [0.25, 0.3) is 11.5 Å². The molecular weight excluding hydrogens is 522 g/mol. The van der Waals surface area contributed by atoms with Crippen molar-refractivity contribution in [1.29, 1.82) is 0 Å². The zero-order chi connectivity index (χ0) is 26.5. The van der Waals surface area contributed by atoms with Crippen molar-refractivity contribution in [2.75, 3.05) is 42.1 Å². The first kappa shape index (κ1) is 25.8. The molecule has 194 valence electrons. The van der Waals surface area contributed by atoms with Gasteiger partial charge in [0.2, 0.25) is 11.8 Å². The van der Waals surface area contributed by atoms with Crippen LogP contribution in [0.4, 0.5) is 11.4 Å². The number of benzene rings is 3.